The highest BCUT2D eigenvalue weighted by atomic mass is 35.5. The molecule has 1 unspecified atom stereocenters. The Labute approximate surface area is 200 Å². The van der Waals surface area contributed by atoms with Crippen LogP contribution in [0.1, 0.15) is 28.3 Å². The minimum Gasteiger partial charge on any atom is -0.507 e. The van der Waals surface area contributed by atoms with Crippen LogP contribution in [-0.4, -0.2) is 23.4 Å². The molecule has 2 heterocycles. The topological polar surface area (TPSA) is 66.8 Å². The fourth-order valence-corrected chi connectivity index (χ4v) is 4.60. The largest absolute Gasteiger partial charge is 0.507 e. The molecule has 7 heteroatoms. The Balaban J connectivity index is 1.71. The van der Waals surface area contributed by atoms with Crippen molar-refractivity contribution >= 4 is 46.3 Å². The molecule has 0 aliphatic carbocycles. The van der Waals surface area contributed by atoms with E-state index in [1.165, 1.54) is 4.90 Å². The molecule has 0 spiro atoms. The number of carbonyl (C=O) groups is 2. The molecular formula is C26H19Cl2NO4. The molecule has 166 valence electrons. The summed E-state index contributed by atoms with van der Waals surface area (Å²) in [4.78, 5) is 27.9. The Kier molecular flexibility index (Phi) is 5.39. The maximum absolute atomic E-state index is 13.2. The molecule has 33 heavy (non-hydrogen) atoms. The van der Waals surface area contributed by atoms with Crippen molar-refractivity contribution < 1.29 is 19.4 Å². The van der Waals surface area contributed by atoms with Crippen LogP contribution in [0.5, 0.6) is 5.75 Å². The maximum Gasteiger partial charge on any atom is 0.300 e. The zero-order chi connectivity index (χ0) is 23.3. The molecule has 5 rings (SSSR count). The number of halogens is 2. The fourth-order valence-electron chi connectivity index (χ4n) is 4.29. The van der Waals surface area contributed by atoms with Gasteiger partial charge in [0.05, 0.1) is 28.3 Å². The number of hydrogen-bond donors (Lipinski definition) is 1. The van der Waals surface area contributed by atoms with E-state index in [-0.39, 0.29) is 11.3 Å². The number of amides is 1. The molecule has 1 amide bonds. The lowest BCUT2D eigenvalue weighted by atomic mass is 9.94. The van der Waals surface area contributed by atoms with Crippen LogP contribution < -0.4 is 9.64 Å². The lowest BCUT2D eigenvalue weighted by Crippen LogP contribution is -2.29. The smallest absolute Gasteiger partial charge is 0.300 e. The number of anilines is 1. The van der Waals surface area contributed by atoms with Crippen molar-refractivity contribution in [1.82, 2.24) is 0 Å². The van der Waals surface area contributed by atoms with Crippen molar-refractivity contribution in [3.8, 4) is 5.75 Å². The summed E-state index contributed by atoms with van der Waals surface area (Å²) in [5.74, 6) is -0.969. The molecule has 5 nitrogen and oxygen atoms in total. The molecular weight excluding hydrogens is 461 g/mol. The Morgan fingerprint density at radius 1 is 1.00 bits per heavy atom. The summed E-state index contributed by atoms with van der Waals surface area (Å²) in [6.45, 7) is 2.51. The SMILES string of the molecule is Cc1ccc(N2C(=O)C(=O)/C(=C(\O)c3ccc4c(c3)CCO4)C2c2ccc(Cl)c(Cl)c2)cc1. The lowest BCUT2D eigenvalue weighted by molar-refractivity contribution is -0.132. The average Bonchev–Trinajstić information content (AvgIpc) is 3.38. The molecule has 0 radical (unpaired) electrons. The van der Waals surface area contributed by atoms with Gasteiger partial charge in [-0.2, -0.15) is 0 Å². The van der Waals surface area contributed by atoms with E-state index < -0.39 is 17.7 Å². The van der Waals surface area contributed by atoms with Crippen LogP contribution in [0.2, 0.25) is 10.0 Å². The molecule has 0 bridgehead atoms. The number of nitrogens with zero attached hydrogens (tertiary/aromatic N) is 1. The standard InChI is InChI=1S/C26H19Cl2NO4/c1-14-2-6-18(7-3-14)29-23(16-4-8-19(27)20(28)13-16)22(25(31)26(29)32)24(30)17-5-9-21-15(12-17)10-11-33-21/h2-9,12-13,23,30H,10-11H2,1H3/b24-22-. The molecule has 3 aromatic carbocycles. The number of Topliss-reactive ketones (excluding diaryl/α,β-unsaturated/α-hetero) is 1. The number of ketones is 1. The van der Waals surface area contributed by atoms with Crippen molar-refractivity contribution in [1.29, 1.82) is 0 Å². The lowest BCUT2D eigenvalue weighted by Gasteiger charge is -2.26. The van der Waals surface area contributed by atoms with Crippen molar-refractivity contribution in [2.24, 2.45) is 0 Å². The summed E-state index contributed by atoms with van der Waals surface area (Å²) < 4.78 is 5.54. The Morgan fingerprint density at radius 3 is 2.48 bits per heavy atom. The highest BCUT2D eigenvalue weighted by molar-refractivity contribution is 6.51. The zero-order valence-electron chi connectivity index (χ0n) is 17.6. The van der Waals surface area contributed by atoms with Gasteiger partial charge < -0.3 is 9.84 Å². The second-order valence-corrected chi connectivity index (χ2v) is 8.91. The van der Waals surface area contributed by atoms with Crippen molar-refractivity contribution in [2.45, 2.75) is 19.4 Å². The van der Waals surface area contributed by atoms with Crippen LogP contribution in [0.25, 0.3) is 5.76 Å². The van der Waals surface area contributed by atoms with Crippen molar-refractivity contribution in [3.05, 3.63) is 98.5 Å². The summed E-state index contributed by atoms with van der Waals surface area (Å²) in [5.41, 5.74) is 3.51. The highest BCUT2D eigenvalue weighted by Gasteiger charge is 2.47. The molecule has 3 aromatic rings. The first-order valence-electron chi connectivity index (χ1n) is 10.4. The van der Waals surface area contributed by atoms with Crippen LogP contribution >= 0.6 is 23.2 Å². The van der Waals surface area contributed by atoms with Gasteiger partial charge in [0.25, 0.3) is 11.7 Å². The molecule has 1 saturated heterocycles. The number of aliphatic hydroxyl groups excluding tert-OH is 1. The molecule has 1 fully saturated rings. The van der Waals surface area contributed by atoms with Crippen LogP contribution in [0.4, 0.5) is 5.69 Å². The van der Waals surface area contributed by atoms with Gasteiger partial charge >= 0.3 is 0 Å². The van der Waals surface area contributed by atoms with E-state index >= 15 is 0 Å². The quantitative estimate of drug-likeness (QED) is 0.290. The number of aryl methyl sites for hydroxylation is 1. The first kappa shape index (κ1) is 21.6. The van der Waals surface area contributed by atoms with Crippen molar-refractivity contribution in [2.75, 3.05) is 11.5 Å². The summed E-state index contributed by atoms with van der Waals surface area (Å²) >= 11 is 12.4. The number of ether oxygens (including phenoxy) is 1. The molecule has 0 saturated carbocycles. The molecule has 1 N–H and O–H groups in total. The third-order valence-corrected chi connectivity index (χ3v) is 6.72. The first-order valence-corrected chi connectivity index (χ1v) is 11.2. The van der Waals surface area contributed by atoms with E-state index in [0.717, 1.165) is 16.9 Å². The molecule has 1 atom stereocenters. The van der Waals surface area contributed by atoms with Gasteiger partial charge in [-0.25, -0.2) is 0 Å². The van der Waals surface area contributed by atoms with E-state index in [1.807, 2.05) is 19.1 Å². The van der Waals surface area contributed by atoms with Crippen molar-refractivity contribution in [3.63, 3.8) is 0 Å². The molecule has 2 aliphatic rings. The van der Waals surface area contributed by atoms with Gasteiger partial charge in [0.15, 0.2) is 0 Å². The third kappa shape index (κ3) is 3.67. The molecule has 0 aromatic heterocycles. The third-order valence-electron chi connectivity index (χ3n) is 5.98. The van der Waals surface area contributed by atoms with Crippen LogP contribution in [0.15, 0.2) is 66.2 Å². The second-order valence-electron chi connectivity index (χ2n) is 8.10. The summed E-state index contributed by atoms with van der Waals surface area (Å²) in [6, 6.07) is 16.6. The van der Waals surface area contributed by atoms with Crippen LogP contribution in [0, 0.1) is 6.92 Å². The van der Waals surface area contributed by atoms with Gasteiger partial charge in [-0.1, -0.05) is 47.0 Å². The minimum atomic E-state index is -0.869. The number of carbonyl (C=O) groups excluding carboxylic acids is 2. The zero-order valence-corrected chi connectivity index (χ0v) is 19.2. The number of benzene rings is 3. The number of aliphatic hydroxyl groups is 1. The minimum absolute atomic E-state index is 0.00201. The van der Waals surface area contributed by atoms with E-state index in [9.17, 15) is 14.7 Å². The predicted octanol–water partition coefficient (Wildman–Crippen LogP) is 5.86. The van der Waals surface area contributed by atoms with Crippen LogP contribution in [-0.2, 0) is 16.0 Å². The first-order chi connectivity index (χ1) is 15.8. The highest BCUT2D eigenvalue weighted by Crippen LogP contribution is 2.43. The second kappa shape index (κ2) is 8.25. The number of hydrogen-bond acceptors (Lipinski definition) is 4. The fraction of sp³-hybridized carbons (Fsp3) is 0.154. The summed E-state index contributed by atoms with van der Waals surface area (Å²) in [7, 11) is 0. The summed E-state index contributed by atoms with van der Waals surface area (Å²) in [6.07, 6.45) is 0.713. The normalized spacial score (nSPS) is 19.0. The Hall–Kier alpha value is -3.28. The monoisotopic (exact) mass is 479 g/mol. The van der Waals surface area contributed by atoms with E-state index in [4.69, 9.17) is 27.9 Å². The number of rotatable bonds is 3. The van der Waals surface area contributed by atoms with Gasteiger partial charge in [-0.15, -0.1) is 0 Å². The Bertz CT molecular complexity index is 1330. The van der Waals surface area contributed by atoms with E-state index in [2.05, 4.69) is 0 Å². The maximum atomic E-state index is 13.2. The average molecular weight is 480 g/mol. The predicted molar refractivity (Wildman–Crippen MR) is 128 cm³/mol. The Morgan fingerprint density at radius 2 is 1.76 bits per heavy atom. The van der Waals surface area contributed by atoms with Gasteiger partial charge in [-0.05, 0) is 60.5 Å². The number of fused-ring (bicyclic) bond motifs is 1. The van der Waals surface area contributed by atoms with Gasteiger partial charge in [0.1, 0.15) is 11.5 Å². The van der Waals surface area contributed by atoms with Gasteiger partial charge in [-0.3, -0.25) is 14.5 Å². The van der Waals surface area contributed by atoms with Crippen LogP contribution in [0.3, 0.4) is 0 Å². The molecule has 2 aliphatic heterocycles. The summed E-state index contributed by atoms with van der Waals surface area (Å²) in [5, 5.41) is 11.9. The van der Waals surface area contributed by atoms with Gasteiger partial charge in [0.2, 0.25) is 0 Å². The van der Waals surface area contributed by atoms with E-state index in [1.54, 1.807) is 48.5 Å². The van der Waals surface area contributed by atoms with Gasteiger partial charge in [0, 0.05) is 17.7 Å². The van der Waals surface area contributed by atoms with E-state index in [0.29, 0.717) is 39.9 Å².